The predicted molar refractivity (Wildman–Crippen MR) is 112 cm³/mol. The number of methoxy groups -OCH3 is 2. The molecule has 11 nitrogen and oxygen atoms in total. The zero-order chi connectivity index (χ0) is 23.1. The number of hydrogen-bond acceptors (Lipinski definition) is 8. The second-order valence-electron chi connectivity index (χ2n) is 6.71. The van der Waals surface area contributed by atoms with Gasteiger partial charge in [0, 0.05) is 31.5 Å². The minimum absolute atomic E-state index is 0.00734. The van der Waals surface area contributed by atoms with Crippen molar-refractivity contribution in [1.82, 2.24) is 19.9 Å². The summed E-state index contributed by atoms with van der Waals surface area (Å²) in [5, 5.41) is 4.90. The summed E-state index contributed by atoms with van der Waals surface area (Å²) in [6.07, 6.45) is 2.20. The third kappa shape index (κ3) is 5.33. The molecular weight excluding hydrogens is 440 g/mol. The van der Waals surface area contributed by atoms with Gasteiger partial charge in [0.05, 0.1) is 32.3 Å². The molecule has 172 valence electrons. The van der Waals surface area contributed by atoms with Gasteiger partial charge in [-0.1, -0.05) is 0 Å². The molecule has 2 aromatic rings. The molecule has 0 saturated carbocycles. The van der Waals surface area contributed by atoms with Gasteiger partial charge in [-0.15, -0.1) is 0 Å². The maximum absolute atomic E-state index is 13.1. The molecule has 32 heavy (non-hydrogen) atoms. The summed E-state index contributed by atoms with van der Waals surface area (Å²) in [6, 6.07) is 7.67. The zero-order valence-corrected chi connectivity index (χ0v) is 18.4. The predicted octanol–water partition coefficient (Wildman–Crippen LogP) is -0.122. The average Bonchev–Trinajstić information content (AvgIpc) is 3.30. The second-order valence-corrected chi connectivity index (χ2v) is 8.60. The van der Waals surface area contributed by atoms with E-state index in [0.29, 0.717) is 5.75 Å². The quantitative estimate of drug-likeness (QED) is 0.516. The summed E-state index contributed by atoms with van der Waals surface area (Å²) in [7, 11) is -1.09. The monoisotopic (exact) mass is 464 g/mol. The van der Waals surface area contributed by atoms with Gasteiger partial charge >= 0.3 is 11.8 Å². The molecule has 2 N–H and O–H groups in total. The smallest absolute Gasteiger partial charge is 0.309 e. The summed E-state index contributed by atoms with van der Waals surface area (Å²) >= 11 is 0. The molecule has 1 aliphatic heterocycles. The highest BCUT2D eigenvalue weighted by molar-refractivity contribution is 7.89. The Morgan fingerprint density at radius 2 is 1.78 bits per heavy atom. The van der Waals surface area contributed by atoms with Crippen LogP contribution < -0.4 is 20.1 Å². The number of hydrogen-bond donors (Lipinski definition) is 2. The van der Waals surface area contributed by atoms with Crippen molar-refractivity contribution in [2.45, 2.75) is 17.7 Å². The molecule has 1 aromatic carbocycles. The molecule has 1 fully saturated rings. The van der Waals surface area contributed by atoms with Crippen molar-refractivity contribution in [2.24, 2.45) is 0 Å². The number of carbonyl (C=O) groups is 2. The van der Waals surface area contributed by atoms with Gasteiger partial charge in [-0.25, -0.2) is 8.42 Å². The fourth-order valence-electron chi connectivity index (χ4n) is 3.08. The van der Waals surface area contributed by atoms with E-state index in [9.17, 15) is 18.0 Å². The van der Waals surface area contributed by atoms with Crippen LogP contribution in [0.25, 0.3) is 0 Å². The number of aromatic nitrogens is 1. The van der Waals surface area contributed by atoms with E-state index in [2.05, 4.69) is 15.6 Å². The van der Waals surface area contributed by atoms with Crippen LogP contribution in [0.4, 0.5) is 0 Å². The molecule has 0 radical (unpaired) electrons. The SMILES string of the molecule is COc1ccc(S(=O)(=O)N2CCO[C@H]2CNC(=O)C(=O)NCc2ccncc2)cc1OC. The number of nitrogens with one attached hydrogen (secondary N) is 2. The molecule has 1 atom stereocenters. The Morgan fingerprint density at radius 3 is 2.47 bits per heavy atom. The Labute approximate surface area is 185 Å². The number of nitrogens with zero attached hydrogens (tertiary/aromatic N) is 2. The van der Waals surface area contributed by atoms with Crippen molar-refractivity contribution < 1.29 is 32.2 Å². The lowest BCUT2D eigenvalue weighted by atomic mass is 10.3. The van der Waals surface area contributed by atoms with Gasteiger partial charge in [-0.3, -0.25) is 14.6 Å². The van der Waals surface area contributed by atoms with E-state index in [4.69, 9.17) is 14.2 Å². The van der Waals surface area contributed by atoms with Gasteiger partial charge in [-0.05, 0) is 29.8 Å². The normalized spacial score (nSPS) is 16.4. The van der Waals surface area contributed by atoms with Crippen molar-refractivity contribution in [1.29, 1.82) is 0 Å². The van der Waals surface area contributed by atoms with Gasteiger partial charge in [0.25, 0.3) is 0 Å². The summed E-state index contributed by atoms with van der Waals surface area (Å²) in [5.74, 6) is -1.07. The highest BCUT2D eigenvalue weighted by Gasteiger charge is 2.37. The van der Waals surface area contributed by atoms with Crippen molar-refractivity contribution in [2.75, 3.05) is 33.9 Å². The molecule has 3 rings (SSSR count). The van der Waals surface area contributed by atoms with Gasteiger partial charge in [-0.2, -0.15) is 4.31 Å². The molecule has 0 bridgehead atoms. The van der Waals surface area contributed by atoms with Crippen LogP contribution in [0.2, 0.25) is 0 Å². The van der Waals surface area contributed by atoms with E-state index in [-0.39, 0.29) is 36.9 Å². The van der Waals surface area contributed by atoms with Gasteiger partial charge in [0.1, 0.15) is 6.23 Å². The standard InChI is InChI=1S/C20H24N4O7S/c1-29-16-4-3-15(11-17(16)30-2)32(27,28)24-9-10-31-18(24)13-23-20(26)19(25)22-12-14-5-7-21-8-6-14/h3-8,11,18H,9-10,12-13H2,1-2H3,(H,22,25)(H,23,26)/t18-/m0/s1. The molecule has 1 saturated heterocycles. The van der Waals surface area contributed by atoms with Gasteiger partial charge in [0.2, 0.25) is 10.0 Å². The Bertz CT molecular complexity index is 1060. The van der Waals surface area contributed by atoms with Crippen molar-refractivity contribution in [3.05, 3.63) is 48.3 Å². The zero-order valence-electron chi connectivity index (χ0n) is 17.6. The number of sulfonamides is 1. The Hall–Kier alpha value is -3.22. The van der Waals surface area contributed by atoms with Crippen LogP contribution in [0.5, 0.6) is 11.5 Å². The Morgan fingerprint density at radius 1 is 1.09 bits per heavy atom. The second kappa shape index (κ2) is 10.4. The van der Waals surface area contributed by atoms with E-state index in [1.807, 2.05) is 0 Å². The van der Waals surface area contributed by atoms with E-state index in [1.54, 1.807) is 24.5 Å². The van der Waals surface area contributed by atoms with Crippen LogP contribution in [0, 0.1) is 0 Å². The lowest BCUT2D eigenvalue weighted by Crippen LogP contribution is -2.47. The van der Waals surface area contributed by atoms with E-state index < -0.39 is 28.1 Å². The van der Waals surface area contributed by atoms with Crippen LogP contribution in [0.3, 0.4) is 0 Å². The molecular formula is C20H24N4O7S. The molecule has 12 heteroatoms. The first-order valence-corrected chi connectivity index (χ1v) is 11.1. The molecule has 0 unspecified atom stereocenters. The van der Waals surface area contributed by atoms with Gasteiger partial charge < -0.3 is 24.8 Å². The average molecular weight is 465 g/mol. The number of pyridine rings is 1. The number of benzene rings is 1. The van der Waals surface area contributed by atoms with Crippen LogP contribution in [-0.2, 0) is 30.9 Å². The Kier molecular flexibility index (Phi) is 7.62. The third-order valence-corrected chi connectivity index (χ3v) is 6.64. The minimum Gasteiger partial charge on any atom is -0.493 e. The molecule has 0 aliphatic carbocycles. The van der Waals surface area contributed by atoms with Gasteiger partial charge in [0.15, 0.2) is 11.5 Å². The third-order valence-electron chi connectivity index (χ3n) is 4.75. The number of ether oxygens (including phenoxy) is 3. The van der Waals surface area contributed by atoms with Crippen LogP contribution in [0.1, 0.15) is 5.56 Å². The van der Waals surface area contributed by atoms with Crippen LogP contribution >= 0.6 is 0 Å². The first kappa shape index (κ1) is 23.4. The fourth-order valence-corrected chi connectivity index (χ4v) is 4.60. The Balaban J connectivity index is 1.61. The molecule has 0 spiro atoms. The molecule has 2 amide bonds. The number of carbonyl (C=O) groups excluding carboxylic acids is 2. The summed E-state index contributed by atoms with van der Waals surface area (Å²) in [5.41, 5.74) is 0.785. The largest absolute Gasteiger partial charge is 0.493 e. The molecule has 1 aromatic heterocycles. The fraction of sp³-hybridized carbons (Fsp3) is 0.350. The first-order chi connectivity index (χ1) is 15.4. The molecule has 2 heterocycles. The van der Waals surface area contributed by atoms with E-state index in [1.165, 1.54) is 32.4 Å². The molecule has 1 aliphatic rings. The maximum Gasteiger partial charge on any atom is 0.309 e. The van der Waals surface area contributed by atoms with Crippen LogP contribution in [-0.4, -0.2) is 69.7 Å². The lowest BCUT2D eigenvalue weighted by molar-refractivity contribution is -0.139. The van der Waals surface area contributed by atoms with Crippen molar-refractivity contribution >= 4 is 21.8 Å². The van der Waals surface area contributed by atoms with E-state index in [0.717, 1.165) is 9.87 Å². The maximum atomic E-state index is 13.1. The minimum atomic E-state index is -3.94. The number of amides is 2. The highest BCUT2D eigenvalue weighted by Crippen LogP contribution is 2.31. The topological polar surface area (TPSA) is 136 Å². The lowest BCUT2D eigenvalue weighted by Gasteiger charge is -2.23. The van der Waals surface area contributed by atoms with Crippen molar-refractivity contribution in [3.8, 4) is 11.5 Å². The summed E-state index contributed by atoms with van der Waals surface area (Å²) in [4.78, 5) is 28.0. The summed E-state index contributed by atoms with van der Waals surface area (Å²) < 4.78 is 43.1. The van der Waals surface area contributed by atoms with Crippen LogP contribution in [0.15, 0.2) is 47.6 Å². The highest BCUT2D eigenvalue weighted by atomic mass is 32.2. The number of rotatable bonds is 8. The van der Waals surface area contributed by atoms with Crippen molar-refractivity contribution in [3.63, 3.8) is 0 Å². The van der Waals surface area contributed by atoms with E-state index >= 15 is 0 Å². The summed E-state index contributed by atoms with van der Waals surface area (Å²) in [6.45, 7) is 0.231. The first-order valence-electron chi connectivity index (χ1n) is 9.67.